The summed E-state index contributed by atoms with van der Waals surface area (Å²) >= 11 is 5.84. The first-order valence-electron chi connectivity index (χ1n) is 6.76. The summed E-state index contributed by atoms with van der Waals surface area (Å²) in [6.45, 7) is -2.45. The number of hydrogen-bond donors (Lipinski definition) is 2. The lowest BCUT2D eigenvalue weighted by molar-refractivity contribution is -0.120. The summed E-state index contributed by atoms with van der Waals surface area (Å²) in [5, 5.41) is 2.77. The summed E-state index contributed by atoms with van der Waals surface area (Å²) < 4.78 is 28.5. The van der Waals surface area contributed by atoms with Gasteiger partial charge in [-0.3, -0.25) is 4.79 Å². The second-order valence-corrected chi connectivity index (χ2v) is 5.45. The predicted molar refractivity (Wildman–Crippen MR) is 83.8 cm³/mol. The van der Waals surface area contributed by atoms with E-state index in [4.69, 9.17) is 17.3 Å². The van der Waals surface area contributed by atoms with Crippen molar-refractivity contribution < 1.29 is 18.3 Å². The van der Waals surface area contributed by atoms with E-state index in [1.807, 2.05) is 0 Å². The predicted octanol–water partition coefficient (Wildman–Crippen LogP) is 3.68. The fourth-order valence-electron chi connectivity index (χ4n) is 2.67. The Morgan fingerprint density at radius 1 is 1.45 bits per heavy atom. The van der Waals surface area contributed by atoms with Gasteiger partial charge in [0, 0.05) is 11.6 Å². The molecule has 3 N–H and O–H groups in total. The van der Waals surface area contributed by atoms with Gasteiger partial charge >= 0.3 is 6.61 Å². The van der Waals surface area contributed by atoms with Gasteiger partial charge in [0.05, 0.1) is 5.02 Å². The lowest BCUT2D eigenvalue weighted by Crippen LogP contribution is -2.29. The van der Waals surface area contributed by atoms with Gasteiger partial charge in [0.25, 0.3) is 0 Å². The van der Waals surface area contributed by atoms with Gasteiger partial charge in [-0.25, -0.2) is 0 Å². The number of nitrogens with two attached hydrogens (primary N) is 1. The summed E-state index contributed by atoms with van der Waals surface area (Å²) in [4.78, 5) is 12.2. The smallest absolute Gasteiger partial charge is 0.387 e. The van der Waals surface area contributed by atoms with E-state index >= 15 is 0 Å². The Labute approximate surface area is 138 Å². The molecule has 0 saturated heterocycles. The molecule has 1 fully saturated rings. The molecule has 0 aliphatic heterocycles. The van der Waals surface area contributed by atoms with E-state index in [-0.39, 0.29) is 40.9 Å². The molecule has 1 amide bonds. The molecular formula is C14H18Cl2F2N2O2. The van der Waals surface area contributed by atoms with E-state index in [0.717, 1.165) is 19.3 Å². The van der Waals surface area contributed by atoms with Gasteiger partial charge in [-0.15, -0.1) is 12.4 Å². The normalized spacial score (nSPS) is 20.6. The molecule has 2 atom stereocenters. The fourth-order valence-corrected chi connectivity index (χ4v) is 2.89. The fraction of sp³-hybridized carbons (Fsp3) is 0.500. The minimum absolute atomic E-state index is 0. The Hall–Kier alpha value is -1.11. The first-order chi connectivity index (χ1) is 10.0. The number of nitrogens with one attached hydrogen (secondary N) is 1. The van der Waals surface area contributed by atoms with Crippen LogP contribution in [0.25, 0.3) is 0 Å². The average Bonchev–Trinajstić information content (AvgIpc) is 2.90. The maximum atomic E-state index is 12.2. The van der Waals surface area contributed by atoms with Crippen LogP contribution in [0.4, 0.5) is 14.5 Å². The first kappa shape index (κ1) is 18.9. The van der Waals surface area contributed by atoms with Crippen LogP contribution in [0, 0.1) is 11.8 Å². The number of carbonyl (C=O) groups is 1. The molecule has 1 saturated carbocycles. The number of ether oxygens (including phenoxy) is 1. The molecule has 2 rings (SSSR count). The van der Waals surface area contributed by atoms with E-state index in [2.05, 4.69) is 10.1 Å². The number of carbonyl (C=O) groups excluding carboxylic acids is 1. The van der Waals surface area contributed by atoms with Crippen molar-refractivity contribution in [2.45, 2.75) is 25.9 Å². The molecule has 124 valence electrons. The highest BCUT2D eigenvalue weighted by Gasteiger charge is 2.31. The van der Waals surface area contributed by atoms with Gasteiger partial charge in [0.1, 0.15) is 5.75 Å². The molecule has 0 heterocycles. The Kier molecular flexibility index (Phi) is 7.32. The standard InChI is InChI=1S/C14H17ClF2N2O2.ClH/c15-11-6-9(4-5-12(11)21-14(16)17)19-13(20)10-3-1-2-8(10)7-18;/h4-6,8,10,14H,1-3,7,18H2,(H,19,20);1H/t8-,10-;/m1./s1. The van der Waals surface area contributed by atoms with Crippen molar-refractivity contribution >= 4 is 35.6 Å². The number of amides is 1. The summed E-state index contributed by atoms with van der Waals surface area (Å²) in [6.07, 6.45) is 2.76. The van der Waals surface area contributed by atoms with Gasteiger partial charge in [-0.2, -0.15) is 8.78 Å². The molecule has 0 bridgehead atoms. The van der Waals surface area contributed by atoms with Crippen LogP contribution in [-0.2, 0) is 4.79 Å². The molecule has 0 spiro atoms. The first-order valence-corrected chi connectivity index (χ1v) is 7.14. The zero-order valence-corrected chi connectivity index (χ0v) is 13.3. The Morgan fingerprint density at radius 3 is 2.77 bits per heavy atom. The topological polar surface area (TPSA) is 64.4 Å². The zero-order chi connectivity index (χ0) is 15.4. The maximum Gasteiger partial charge on any atom is 0.387 e. The minimum atomic E-state index is -2.94. The summed E-state index contributed by atoms with van der Waals surface area (Å²) in [6, 6.07) is 4.18. The Morgan fingerprint density at radius 2 is 2.18 bits per heavy atom. The van der Waals surface area contributed by atoms with Crippen LogP contribution in [0.2, 0.25) is 5.02 Å². The van der Waals surface area contributed by atoms with Crippen molar-refractivity contribution in [1.82, 2.24) is 0 Å². The molecule has 22 heavy (non-hydrogen) atoms. The monoisotopic (exact) mass is 354 g/mol. The number of halogens is 4. The lowest BCUT2D eigenvalue weighted by Gasteiger charge is -2.17. The highest BCUT2D eigenvalue weighted by molar-refractivity contribution is 6.32. The van der Waals surface area contributed by atoms with E-state index in [1.165, 1.54) is 18.2 Å². The van der Waals surface area contributed by atoms with Gasteiger partial charge in [0.15, 0.2) is 0 Å². The molecule has 0 radical (unpaired) electrons. The van der Waals surface area contributed by atoms with E-state index in [1.54, 1.807) is 0 Å². The van der Waals surface area contributed by atoms with Gasteiger partial charge in [-0.1, -0.05) is 18.0 Å². The molecule has 1 aromatic carbocycles. The molecule has 0 unspecified atom stereocenters. The quantitative estimate of drug-likeness (QED) is 0.847. The Bertz CT molecular complexity index is 518. The van der Waals surface area contributed by atoms with Crippen LogP contribution in [0.3, 0.4) is 0 Å². The molecule has 8 heteroatoms. The SMILES string of the molecule is Cl.NC[C@H]1CCC[C@H]1C(=O)Nc1ccc(OC(F)F)c(Cl)c1. The molecule has 1 aliphatic carbocycles. The van der Waals surface area contributed by atoms with Crippen molar-refractivity contribution in [1.29, 1.82) is 0 Å². The third-order valence-corrected chi connectivity index (χ3v) is 4.01. The molecule has 0 aromatic heterocycles. The van der Waals surface area contributed by atoms with Gasteiger partial charge in [-0.05, 0) is 43.5 Å². The lowest BCUT2D eigenvalue weighted by atomic mass is 9.95. The second-order valence-electron chi connectivity index (χ2n) is 5.05. The zero-order valence-electron chi connectivity index (χ0n) is 11.7. The van der Waals surface area contributed by atoms with Crippen molar-refractivity contribution in [3.8, 4) is 5.75 Å². The third-order valence-electron chi connectivity index (χ3n) is 3.71. The number of hydrogen-bond acceptors (Lipinski definition) is 3. The highest BCUT2D eigenvalue weighted by Crippen LogP contribution is 2.33. The van der Waals surface area contributed by atoms with Crippen LogP contribution >= 0.6 is 24.0 Å². The average molecular weight is 355 g/mol. The van der Waals surface area contributed by atoms with Crippen molar-refractivity contribution in [3.05, 3.63) is 23.2 Å². The van der Waals surface area contributed by atoms with E-state index in [0.29, 0.717) is 12.2 Å². The van der Waals surface area contributed by atoms with Crippen LogP contribution in [-0.4, -0.2) is 19.1 Å². The van der Waals surface area contributed by atoms with Crippen molar-refractivity contribution in [2.75, 3.05) is 11.9 Å². The van der Waals surface area contributed by atoms with Gasteiger partial charge < -0.3 is 15.8 Å². The van der Waals surface area contributed by atoms with Crippen LogP contribution in [0.5, 0.6) is 5.75 Å². The molecule has 1 aliphatic rings. The van der Waals surface area contributed by atoms with Crippen LogP contribution < -0.4 is 15.8 Å². The largest absolute Gasteiger partial charge is 0.433 e. The molecule has 1 aromatic rings. The highest BCUT2D eigenvalue weighted by atomic mass is 35.5. The third kappa shape index (κ3) is 4.69. The summed E-state index contributed by atoms with van der Waals surface area (Å²) in [5.41, 5.74) is 6.11. The van der Waals surface area contributed by atoms with Crippen molar-refractivity contribution in [3.63, 3.8) is 0 Å². The van der Waals surface area contributed by atoms with Crippen LogP contribution in [0.15, 0.2) is 18.2 Å². The van der Waals surface area contributed by atoms with Gasteiger partial charge in [0.2, 0.25) is 5.91 Å². The van der Waals surface area contributed by atoms with Crippen LogP contribution in [0.1, 0.15) is 19.3 Å². The number of benzene rings is 1. The number of rotatable bonds is 5. The number of alkyl halides is 2. The minimum Gasteiger partial charge on any atom is -0.433 e. The summed E-state index contributed by atoms with van der Waals surface area (Å²) in [5.74, 6) is -0.139. The van der Waals surface area contributed by atoms with Crippen molar-refractivity contribution in [2.24, 2.45) is 17.6 Å². The maximum absolute atomic E-state index is 12.2. The van der Waals surface area contributed by atoms with E-state index < -0.39 is 6.61 Å². The molecule has 4 nitrogen and oxygen atoms in total. The van der Waals surface area contributed by atoms with E-state index in [9.17, 15) is 13.6 Å². The summed E-state index contributed by atoms with van der Waals surface area (Å²) in [7, 11) is 0. The Balaban J connectivity index is 0.00000242. The second kappa shape index (κ2) is 8.50. The number of anilines is 1. The molecular weight excluding hydrogens is 337 g/mol.